The van der Waals surface area contributed by atoms with Gasteiger partial charge in [0, 0.05) is 6.54 Å². The predicted molar refractivity (Wildman–Crippen MR) is 122 cm³/mol. The smallest absolute Gasteiger partial charge is 0.262 e. The van der Waals surface area contributed by atoms with Gasteiger partial charge in [0.05, 0.1) is 21.3 Å². The summed E-state index contributed by atoms with van der Waals surface area (Å²) in [5.74, 6) is -1.17. The van der Waals surface area contributed by atoms with Crippen LogP contribution in [0.1, 0.15) is 32.7 Å². The highest BCUT2D eigenvalue weighted by atomic mass is 32.1. The number of imide groups is 1. The van der Waals surface area contributed by atoms with Crippen LogP contribution in [0.25, 0.3) is 10.2 Å². The Morgan fingerprint density at radius 3 is 2.35 bits per heavy atom. The summed E-state index contributed by atoms with van der Waals surface area (Å²) in [5, 5.41) is 0.584. The second kappa shape index (κ2) is 8.56. The number of thiazole rings is 1. The van der Waals surface area contributed by atoms with Crippen LogP contribution >= 0.6 is 11.3 Å². The minimum Gasteiger partial charge on any atom is -0.309 e. The van der Waals surface area contributed by atoms with E-state index in [2.05, 4.69) is 9.88 Å². The van der Waals surface area contributed by atoms with Crippen LogP contribution in [0.4, 0.5) is 5.13 Å². The summed E-state index contributed by atoms with van der Waals surface area (Å²) in [4.78, 5) is 48.0. The molecule has 0 spiro atoms. The van der Waals surface area contributed by atoms with Gasteiger partial charge in [-0.15, -0.1) is 0 Å². The van der Waals surface area contributed by atoms with Gasteiger partial charge in [0.2, 0.25) is 5.91 Å². The van der Waals surface area contributed by atoms with Crippen LogP contribution < -0.4 is 4.90 Å². The van der Waals surface area contributed by atoms with Crippen molar-refractivity contribution in [2.24, 2.45) is 0 Å². The Hall–Kier alpha value is -3.10. The molecular formula is C23H24N4O3S. The Bertz CT molecular complexity index is 1140. The molecule has 3 aromatic rings. The number of anilines is 1. The second-order valence-corrected chi connectivity index (χ2v) is 8.92. The molecule has 0 saturated carbocycles. The molecule has 1 aliphatic heterocycles. The first-order valence-corrected chi connectivity index (χ1v) is 10.9. The molecule has 0 atom stereocenters. The van der Waals surface area contributed by atoms with Crippen LogP contribution in [0.2, 0.25) is 0 Å². The van der Waals surface area contributed by atoms with E-state index < -0.39 is 11.8 Å². The molecule has 8 heteroatoms. The number of hydrogen-bond donors (Lipinski definition) is 0. The van der Waals surface area contributed by atoms with E-state index in [9.17, 15) is 14.4 Å². The lowest BCUT2D eigenvalue weighted by atomic mass is 10.1. The fourth-order valence-electron chi connectivity index (χ4n) is 3.61. The van der Waals surface area contributed by atoms with Gasteiger partial charge in [-0.05, 0) is 63.8 Å². The van der Waals surface area contributed by atoms with E-state index in [1.807, 2.05) is 39.2 Å². The Kier molecular flexibility index (Phi) is 5.84. The zero-order valence-electron chi connectivity index (χ0n) is 17.8. The molecule has 2 aromatic carbocycles. The third-order valence-corrected chi connectivity index (χ3v) is 6.26. The van der Waals surface area contributed by atoms with E-state index in [-0.39, 0.29) is 12.5 Å². The van der Waals surface area contributed by atoms with E-state index >= 15 is 0 Å². The minimum absolute atomic E-state index is 0.302. The van der Waals surface area contributed by atoms with Gasteiger partial charge >= 0.3 is 0 Å². The average Bonchev–Trinajstić information content (AvgIpc) is 3.25. The van der Waals surface area contributed by atoms with Gasteiger partial charge in [0.15, 0.2) is 5.13 Å². The molecule has 1 aliphatic rings. The van der Waals surface area contributed by atoms with E-state index in [1.165, 1.54) is 11.3 Å². The SMILES string of the molecule is Cc1ccc2nc(N(CCCN(C)C)C(=O)CN3C(=O)c4ccccc4C3=O)sc2c1. The summed E-state index contributed by atoms with van der Waals surface area (Å²) < 4.78 is 1.00. The third-order valence-electron chi connectivity index (χ3n) is 5.22. The fraction of sp³-hybridized carbons (Fsp3) is 0.304. The van der Waals surface area contributed by atoms with Gasteiger partial charge < -0.3 is 4.90 Å². The van der Waals surface area contributed by atoms with Gasteiger partial charge in [-0.25, -0.2) is 4.98 Å². The summed E-state index contributed by atoms with van der Waals surface area (Å²) in [6.45, 7) is 2.98. The van der Waals surface area contributed by atoms with Crippen LogP contribution in [-0.2, 0) is 4.79 Å². The molecule has 1 aromatic heterocycles. The lowest BCUT2D eigenvalue weighted by molar-refractivity contribution is -0.119. The molecule has 0 radical (unpaired) electrons. The van der Waals surface area contributed by atoms with Crippen molar-refractivity contribution in [3.05, 3.63) is 59.2 Å². The maximum Gasteiger partial charge on any atom is 0.262 e. The fourth-order valence-corrected chi connectivity index (χ4v) is 4.72. The molecule has 0 N–H and O–H groups in total. The molecule has 0 unspecified atom stereocenters. The Morgan fingerprint density at radius 1 is 1.03 bits per heavy atom. The van der Waals surface area contributed by atoms with Crippen LogP contribution in [0.5, 0.6) is 0 Å². The largest absolute Gasteiger partial charge is 0.309 e. The number of rotatable bonds is 7. The normalized spacial score (nSPS) is 13.4. The van der Waals surface area contributed by atoms with Crippen LogP contribution in [-0.4, -0.2) is 66.2 Å². The number of aromatic nitrogens is 1. The first-order chi connectivity index (χ1) is 14.8. The molecule has 4 rings (SSSR count). The number of hydrogen-bond acceptors (Lipinski definition) is 6. The molecule has 0 aliphatic carbocycles. The molecular weight excluding hydrogens is 412 g/mol. The first kappa shape index (κ1) is 21.1. The summed E-state index contributed by atoms with van der Waals surface area (Å²) in [5.41, 5.74) is 2.64. The number of fused-ring (bicyclic) bond motifs is 2. The van der Waals surface area contributed by atoms with Crippen molar-refractivity contribution < 1.29 is 14.4 Å². The van der Waals surface area contributed by atoms with Gasteiger partial charge in [0.25, 0.3) is 11.8 Å². The van der Waals surface area contributed by atoms with E-state index in [1.54, 1.807) is 29.2 Å². The zero-order valence-corrected chi connectivity index (χ0v) is 18.6. The Labute approximate surface area is 184 Å². The van der Waals surface area contributed by atoms with Crippen molar-refractivity contribution >= 4 is 44.4 Å². The van der Waals surface area contributed by atoms with Crippen molar-refractivity contribution in [3.8, 4) is 0 Å². The number of amides is 3. The molecule has 2 heterocycles. The van der Waals surface area contributed by atoms with Crippen LogP contribution in [0.3, 0.4) is 0 Å². The molecule has 0 saturated heterocycles. The van der Waals surface area contributed by atoms with E-state index in [0.29, 0.717) is 22.8 Å². The highest BCUT2D eigenvalue weighted by molar-refractivity contribution is 7.22. The standard InChI is InChI=1S/C23H24N4O3S/c1-15-9-10-18-19(13-15)31-23(24-18)26(12-6-11-25(2)3)20(28)14-27-21(29)16-7-4-5-8-17(16)22(27)30/h4-5,7-10,13H,6,11-12,14H2,1-3H3. The maximum atomic E-state index is 13.3. The maximum absolute atomic E-state index is 13.3. The van der Waals surface area contributed by atoms with Crippen molar-refractivity contribution in [1.82, 2.24) is 14.8 Å². The van der Waals surface area contributed by atoms with E-state index in [4.69, 9.17) is 0 Å². The number of aryl methyl sites for hydroxylation is 1. The predicted octanol–water partition coefficient (Wildman–Crippen LogP) is 3.19. The van der Waals surface area contributed by atoms with Gasteiger partial charge in [-0.3, -0.25) is 24.2 Å². The number of carbonyl (C=O) groups is 3. The first-order valence-electron chi connectivity index (χ1n) is 10.1. The summed E-state index contributed by atoms with van der Waals surface area (Å²) >= 11 is 1.45. The third kappa shape index (κ3) is 4.22. The van der Waals surface area contributed by atoms with Crippen LogP contribution in [0, 0.1) is 6.92 Å². The monoisotopic (exact) mass is 436 g/mol. The summed E-state index contributed by atoms with van der Waals surface area (Å²) in [7, 11) is 3.96. The lowest BCUT2D eigenvalue weighted by Crippen LogP contribution is -2.43. The van der Waals surface area contributed by atoms with Crippen molar-refractivity contribution in [2.75, 3.05) is 38.6 Å². The number of carbonyl (C=O) groups excluding carboxylic acids is 3. The average molecular weight is 437 g/mol. The Balaban J connectivity index is 1.59. The molecule has 0 fully saturated rings. The van der Waals surface area contributed by atoms with E-state index in [0.717, 1.165) is 33.6 Å². The quantitative estimate of drug-likeness (QED) is 0.532. The minimum atomic E-state index is -0.429. The molecule has 31 heavy (non-hydrogen) atoms. The van der Waals surface area contributed by atoms with Crippen molar-refractivity contribution in [3.63, 3.8) is 0 Å². The molecule has 7 nitrogen and oxygen atoms in total. The molecule has 3 amide bonds. The lowest BCUT2D eigenvalue weighted by Gasteiger charge is -2.23. The van der Waals surface area contributed by atoms with Gasteiger partial charge in [-0.2, -0.15) is 0 Å². The van der Waals surface area contributed by atoms with Gasteiger partial charge in [0.1, 0.15) is 6.54 Å². The topological polar surface area (TPSA) is 73.8 Å². The molecule has 0 bridgehead atoms. The number of benzene rings is 2. The van der Waals surface area contributed by atoms with Crippen molar-refractivity contribution in [2.45, 2.75) is 13.3 Å². The van der Waals surface area contributed by atoms with Crippen molar-refractivity contribution in [1.29, 1.82) is 0 Å². The highest BCUT2D eigenvalue weighted by Crippen LogP contribution is 2.30. The number of nitrogens with zero attached hydrogens (tertiary/aromatic N) is 4. The Morgan fingerprint density at radius 2 is 1.71 bits per heavy atom. The highest BCUT2D eigenvalue weighted by Gasteiger charge is 2.37. The van der Waals surface area contributed by atoms with Crippen LogP contribution in [0.15, 0.2) is 42.5 Å². The summed E-state index contributed by atoms with van der Waals surface area (Å²) in [6, 6.07) is 12.6. The second-order valence-electron chi connectivity index (χ2n) is 7.91. The van der Waals surface area contributed by atoms with Gasteiger partial charge in [-0.1, -0.05) is 29.5 Å². The molecule has 160 valence electrons. The summed E-state index contributed by atoms with van der Waals surface area (Å²) in [6.07, 6.45) is 0.746. The zero-order chi connectivity index (χ0) is 22.1.